The second-order valence-corrected chi connectivity index (χ2v) is 18.5. The summed E-state index contributed by atoms with van der Waals surface area (Å²) in [5, 5.41) is 2.72. The predicted molar refractivity (Wildman–Crippen MR) is 238 cm³/mol. The third-order valence-corrected chi connectivity index (χ3v) is 10.5. The van der Waals surface area contributed by atoms with E-state index in [4.69, 9.17) is 18.9 Å². The Bertz CT molecular complexity index is 1000. The average Bonchev–Trinajstić information content (AvgIpc) is 3.15. The molecule has 0 fully saturated rings. The standard InChI is InChI=1S/C48H92N2O8/c1-11-15-19-23-25-29-33-40(31-27-21-17-13-3)44(52)55-37-35-50(43(51)42(39-57-47(5,6)7)49-46(54)58-48(8,9)10)36-38-56-45(53)41(32-28-22-18-14-4)34-30-26-24-20-16-12-2/h40-42H,11-39H2,1-10H3,(H,49,54). The Morgan fingerprint density at radius 1 is 0.500 bits per heavy atom. The van der Waals surface area contributed by atoms with Gasteiger partial charge in [0, 0.05) is 0 Å². The molecule has 0 saturated heterocycles. The molecule has 58 heavy (non-hydrogen) atoms. The second kappa shape index (κ2) is 34.4. The number of carbonyl (C=O) groups is 4. The molecule has 342 valence electrons. The van der Waals surface area contributed by atoms with Gasteiger partial charge in [-0.15, -0.1) is 0 Å². The van der Waals surface area contributed by atoms with Crippen LogP contribution in [0.15, 0.2) is 0 Å². The van der Waals surface area contributed by atoms with E-state index in [1.54, 1.807) is 20.8 Å². The van der Waals surface area contributed by atoms with E-state index in [-0.39, 0.29) is 56.7 Å². The smallest absolute Gasteiger partial charge is 0.408 e. The van der Waals surface area contributed by atoms with E-state index in [2.05, 4.69) is 33.0 Å². The molecule has 0 radical (unpaired) electrons. The topological polar surface area (TPSA) is 120 Å². The maximum absolute atomic E-state index is 14.3. The van der Waals surface area contributed by atoms with Crippen LogP contribution in [-0.4, -0.2) is 79.0 Å². The van der Waals surface area contributed by atoms with Gasteiger partial charge in [-0.05, 0) is 67.2 Å². The number of ether oxygens (including phenoxy) is 4. The van der Waals surface area contributed by atoms with Crippen LogP contribution in [0.1, 0.15) is 223 Å². The minimum atomic E-state index is -1.07. The van der Waals surface area contributed by atoms with Gasteiger partial charge in [-0.1, -0.05) is 156 Å². The van der Waals surface area contributed by atoms with Crippen LogP contribution in [0, 0.1) is 11.8 Å². The lowest BCUT2D eigenvalue weighted by molar-refractivity contribution is -0.153. The first kappa shape index (κ1) is 55.6. The van der Waals surface area contributed by atoms with Crippen LogP contribution in [0.2, 0.25) is 0 Å². The molecule has 1 N–H and O–H groups in total. The fraction of sp³-hybridized carbons (Fsp3) is 0.917. The van der Waals surface area contributed by atoms with E-state index in [9.17, 15) is 19.2 Å². The maximum Gasteiger partial charge on any atom is 0.408 e. The highest BCUT2D eigenvalue weighted by Crippen LogP contribution is 2.22. The van der Waals surface area contributed by atoms with Crippen molar-refractivity contribution < 1.29 is 38.1 Å². The van der Waals surface area contributed by atoms with Crippen molar-refractivity contribution in [3.63, 3.8) is 0 Å². The number of rotatable bonds is 36. The number of alkyl carbamates (subject to hydrolysis) is 1. The summed E-state index contributed by atoms with van der Waals surface area (Å²) in [7, 11) is 0. The van der Waals surface area contributed by atoms with Gasteiger partial charge in [-0.25, -0.2) is 4.79 Å². The lowest BCUT2D eigenvalue weighted by Gasteiger charge is -2.30. The van der Waals surface area contributed by atoms with E-state index >= 15 is 0 Å². The molecule has 0 rings (SSSR count). The van der Waals surface area contributed by atoms with Crippen LogP contribution >= 0.6 is 0 Å². The number of carbonyl (C=O) groups excluding carboxylic acids is 4. The zero-order valence-corrected chi connectivity index (χ0v) is 39.5. The summed E-state index contributed by atoms with van der Waals surface area (Å²) in [6.45, 7) is 19.8. The fourth-order valence-corrected chi connectivity index (χ4v) is 7.00. The SMILES string of the molecule is CCCCCCCCC(CCCCCC)C(=O)OCCN(CCOC(=O)C(CCCCCC)CCCCCCCC)C(=O)C(COC(C)(C)C)NC(=O)OC(C)(C)C. The van der Waals surface area contributed by atoms with Gasteiger partial charge in [0.15, 0.2) is 0 Å². The van der Waals surface area contributed by atoms with E-state index in [1.807, 2.05) is 20.8 Å². The molecule has 0 spiro atoms. The van der Waals surface area contributed by atoms with Crippen LogP contribution in [0.4, 0.5) is 4.79 Å². The van der Waals surface area contributed by atoms with Gasteiger partial charge in [0.05, 0.1) is 37.1 Å². The molecule has 0 aromatic heterocycles. The minimum Gasteiger partial charge on any atom is -0.464 e. The summed E-state index contributed by atoms with van der Waals surface area (Å²) < 4.78 is 23.3. The summed E-state index contributed by atoms with van der Waals surface area (Å²) in [4.78, 5) is 55.8. The van der Waals surface area contributed by atoms with Gasteiger partial charge in [0.25, 0.3) is 0 Å². The second-order valence-electron chi connectivity index (χ2n) is 18.5. The van der Waals surface area contributed by atoms with Gasteiger partial charge >= 0.3 is 18.0 Å². The van der Waals surface area contributed by atoms with Gasteiger partial charge in [0.2, 0.25) is 5.91 Å². The summed E-state index contributed by atoms with van der Waals surface area (Å²) >= 11 is 0. The molecule has 0 heterocycles. The number of amides is 2. The van der Waals surface area contributed by atoms with Crippen LogP contribution in [0.5, 0.6) is 0 Å². The summed E-state index contributed by atoms with van der Waals surface area (Å²) in [5.74, 6) is -1.20. The molecule has 0 aromatic rings. The Labute approximate surface area is 356 Å². The Kier molecular flexibility index (Phi) is 33.0. The first-order valence-electron chi connectivity index (χ1n) is 23.8. The normalized spacial score (nSPS) is 13.4. The lowest BCUT2D eigenvalue weighted by Crippen LogP contribution is -2.54. The lowest BCUT2D eigenvalue weighted by atomic mass is 9.94. The summed E-state index contributed by atoms with van der Waals surface area (Å²) in [6, 6.07) is -1.07. The molecule has 0 aliphatic heterocycles. The van der Waals surface area contributed by atoms with Crippen molar-refractivity contribution in [1.29, 1.82) is 0 Å². The predicted octanol–water partition coefficient (Wildman–Crippen LogP) is 12.3. The Hall–Kier alpha value is -2.36. The number of hydrogen-bond donors (Lipinski definition) is 1. The van der Waals surface area contributed by atoms with E-state index < -0.39 is 29.2 Å². The molecule has 0 bridgehead atoms. The van der Waals surface area contributed by atoms with Crippen molar-refractivity contribution >= 4 is 23.9 Å². The third-order valence-electron chi connectivity index (χ3n) is 10.5. The zero-order valence-electron chi connectivity index (χ0n) is 39.5. The van der Waals surface area contributed by atoms with Gasteiger partial charge in [-0.3, -0.25) is 14.4 Å². The Morgan fingerprint density at radius 3 is 1.19 bits per heavy atom. The third kappa shape index (κ3) is 31.5. The van der Waals surface area contributed by atoms with Crippen LogP contribution in [-0.2, 0) is 33.3 Å². The number of nitrogens with one attached hydrogen (secondary N) is 1. The zero-order chi connectivity index (χ0) is 43.7. The Balaban J connectivity index is 6.01. The number of unbranched alkanes of at least 4 members (excludes halogenated alkanes) is 16. The molecule has 0 saturated carbocycles. The molecule has 10 nitrogen and oxygen atoms in total. The minimum absolute atomic E-state index is 0.00213. The average molecular weight is 825 g/mol. The molecule has 3 unspecified atom stereocenters. The molecule has 2 amide bonds. The first-order valence-corrected chi connectivity index (χ1v) is 23.8. The van der Waals surface area contributed by atoms with Crippen molar-refractivity contribution in [3.8, 4) is 0 Å². The number of nitrogens with zero attached hydrogens (tertiary/aromatic N) is 1. The summed E-state index contributed by atoms with van der Waals surface area (Å²) in [6.07, 6.45) is 25.2. The van der Waals surface area contributed by atoms with Crippen molar-refractivity contribution in [2.24, 2.45) is 11.8 Å². The van der Waals surface area contributed by atoms with Crippen molar-refractivity contribution in [1.82, 2.24) is 10.2 Å². The fourth-order valence-electron chi connectivity index (χ4n) is 7.00. The number of hydrogen-bond acceptors (Lipinski definition) is 8. The highest BCUT2D eigenvalue weighted by Gasteiger charge is 2.31. The van der Waals surface area contributed by atoms with Crippen molar-refractivity contribution in [3.05, 3.63) is 0 Å². The highest BCUT2D eigenvalue weighted by molar-refractivity contribution is 5.86. The molecule has 0 aromatic carbocycles. The first-order chi connectivity index (χ1) is 27.6. The molecular formula is C48H92N2O8. The van der Waals surface area contributed by atoms with E-state index in [0.29, 0.717) is 0 Å². The molecule has 3 atom stereocenters. The molecular weight excluding hydrogens is 733 g/mol. The summed E-state index contributed by atoms with van der Waals surface area (Å²) in [5.41, 5.74) is -1.34. The van der Waals surface area contributed by atoms with Crippen LogP contribution in [0.3, 0.4) is 0 Å². The van der Waals surface area contributed by atoms with E-state index in [0.717, 1.165) is 103 Å². The molecule has 0 aliphatic rings. The van der Waals surface area contributed by atoms with Crippen molar-refractivity contribution in [2.75, 3.05) is 32.9 Å². The number of esters is 2. The largest absolute Gasteiger partial charge is 0.464 e. The maximum atomic E-state index is 14.3. The van der Waals surface area contributed by atoms with Crippen molar-refractivity contribution in [2.45, 2.75) is 241 Å². The monoisotopic (exact) mass is 825 g/mol. The quantitative estimate of drug-likeness (QED) is 0.0377. The van der Waals surface area contributed by atoms with E-state index in [1.165, 1.54) is 56.3 Å². The van der Waals surface area contributed by atoms with Gasteiger partial charge < -0.3 is 29.2 Å². The van der Waals surface area contributed by atoms with Crippen LogP contribution < -0.4 is 5.32 Å². The van der Waals surface area contributed by atoms with Gasteiger partial charge in [0.1, 0.15) is 24.9 Å². The highest BCUT2D eigenvalue weighted by atomic mass is 16.6. The molecule has 10 heteroatoms. The Morgan fingerprint density at radius 2 is 0.845 bits per heavy atom. The van der Waals surface area contributed by atoms with Gasteiger partial charge in [-0.2, -0.15) is 0 Å². The van der Waals surface area contributed by atoms with Crippen LogP contribution in [0.25, 0.3) is 0 Å². The molecule has 0 aliphatic carbocycles.